The van der Waals surface area contributed by atoms with Crippen molar-refractivity contribution in [2.75, 3.05) is 26.3 Å². The summed E-state index contributed by atoms with van der Waals surface area (Å²) in [4.78, 5) is 37.7. The summed E-state index contributed by atoms with van der Waals surface area (Å²) >= 11 is 0. The Morgan fingerprint density at radius 1 is 1.21 bits per heavy atom. The largest absolute Gasteiger partial charge is 0.508 e. The molecule has 0 bridgehead atoms. The lowest BCUT2D eigenvalue weighted by molar-refractivity contribution is -0.154. The summed E-state index contributed by atoms with van der Waals surface area (Å²) in [6, 6.07) is 4.64. The van der Waals surface area contributed by atoms with Gasteiger partial charge >= 0.3 is 11.9 Å². The van der Waals surface area contributed by atoms with Crippen molar-refractivity contribution in [1.82, 2.24) is 4.90 Å². The van der Waals surface area contributed by atoms with Gasteiger partial charge in [0.1, 0.15) is 11.3 Å². The number of hydrogen-bond acceptors (Lipinski definition) is 7. The molecule has 8 nitrogen and oxygen atoms in total. The number of furan rings is 1. The Balaban J connectivity index is 1.45. The Kier molecular flexibility index (Phi) is 6.18. The first-order valence-electron chi connectivity index (χ1n) is 9.27. The van der Waals surface area contributed by atoms with Crippen LogP contribution in [0.2, 0.25) is 0 Å². The van der Waals surface area contributed by atoms with Crippen LogP contribution in [0.15, 0.2) is 28.9 Å². The van der Waals surface area contributed by atoms with Gasteiger partial charge in [0, 0.05) is 30.1 Å². The molecule has 0 unspecified atom stereocenters. The number of carbonyl (C=O) groups excluding carboxylic acids is 3. The molecule has 0 radical (unpaired) electrons. The van der Waals surface area contributed by atoms with Crippen molar-refractivity contribution < 1.29 is 33.4 Å². The summed E-state index contributed by atoms with van der Waals surface area (Å²) < 4.78 is 15.4. The lowest BCUT2D eigenvalue weighted by Gasteiger charge is -2.30. The molecule has 0 spiro atoms. The number of esters is 2. The van der Waals surface area contributed by atoms with E-state index in [1.165, 1.54) is 18.4 Å². The molecule has 1 amide bonds. The molecule has 0 aliphatic carbocycles. The quantitative estimate of drug-likeness (QED) is 0.754. The molecule has 1 aromatic heterocycles. The Morgan fingerprint density at radius 2 is 1.96 bits per heavy atom. The minimum absolute atomic E-state index is 0.0318. The van der Waals surface area contributed by atoms with Crippen LogP contribution >= 0.6 is 0 Å². The Morgan fingerprint density at radius 3 is 2.68 bits per heavy atom. The average Bonchev–Trinajstić information content (AvgIpc) is 3.08. The highest BCUT2D eigenvalue weighted by Crippen LogP contribution is 2.25. The Hall–Kier alpha value is -3.03. The third-order valence-corrected chi connectivity index (χ3v) is 4.80. The van der Waals surface area contributed by atoms with E-state index in [-0.39, 0.29) is 36.6 Å². The van der Waals surface area contributed by atoms with Crippen molar-refractivity contribution in [3.05, 3.63) is 30.0 Å². The fraction of sp³-hybridized carbons (Fsp3) is 0.450. The van der Waals surface area contributed by atoms with Crippen molar-refractivity contribution in [2.24, 2.45) is 5.92 Å². The van der Waals surface area contributed by atoms with E-state index in [4.69, 9.17) is 13.9 Å². The first kappa shape index (κ1) is 19.7. The second kappa shape index (κ2) is 8.77. The fourth-order valence-electron chi connectivity index (χ4n) is 3.27. The second-order valence-electron chi connectivity index (χ2n) is 6.69. The maximum absolute atomic E-state index is 12.2. The number of aromatic hydroxyl groups is 1. The van der Waals surface area contributed by atoms with E-state index >= 15 is 0 Å². The number of piperidine rings is 1. The maximum Gasteiger partial charge on any atom is 0.310 e. The van der Waals surface area contributed by atoms with Crippen LogP contribution in [0.4, 0.5) is 0 Å². The van der Waals surface area contributed by atoms with Gasteiger partial charge in [-0.1, -0.05) is 0 Å². The van der Waals surface area contributed by atoms with Gasteiger partial charge in [0.15, 0.2) is 6.61 Å². The van der Waals surface area contributed by atoms with Crippen LogP contribution < -0.4 is 0 Å². The van der Waals surface area contributed by atoms with Gasteiger partial charge in [-0.3, -0.25) is 14.4 Å². The molecule has 28 heavy (non-hydrogen) atoms. The third kappa shape index (κ3) is 4.62. The van der Waals surface area contributed by atoms with E-state index < -0.39 is 5.97 Å². The topological polar surface area (TPSA) is 106 Å². The van der Waals surface area contributed by atoms with Crippen molar-refractivity contribution in [3.63, 3.8) is 0 Å². The van der Waals surface area contributed by atoms with Gasteiger partial charge in [0.05, 0.1) is 25.2 Å². The summed E-state index contributed by atoms with van der Waals surface area (Å²) in [6.45, 7) is 2.66. The van der Waals surface area contributed by atoms with Gasteiger partial charge in [-0.2, -0.15) is 0 Å². The van der Waals surface area contributed by atoms with Crippen LogP contribution in [0, 0.1) is 5.92 Å². The zero-order valence-corrected chi connectivity index (χ0v) is 15.7. The monoisotopic (exact) mass is 389 g/mol. The molecule has 3 rings (SSSR count). The number of benzene rings is 1. The number of phenols is 1. The maximum atomic E-state index is 12.2. The van der Waals surface area contributed by atoms with Crippen molar-refractivity contribution in [3.8, 4) is 5.75 Å². The lowest BCUT2D eigenvalue weighted by atomic mass is 9.97. The van der Waals surface area contributed by atoms with Gasteiger partial charge in [-0.25, -0.2) is 0 Å². The molecule has 8 heteroatoms. The molecular weight excluding hydrogens is 366 g/mol. The molecule has 1 aromatic carbocycles. The minimum Gasteiger partial charge on any atom is -0.508 e. The number of carbonyl (C=O) groups is 3. The van der Waals surface area contributed by atoms with Crippen LogP contribution in [-0.2, 0) is 30.3 Å². The SMILES string of the molecule is CCOC(=O)C1CCN(C(=O)COC(=O)Cc2coc3cc(O)ccc23)CC1. The molecular formula is C20H23NO7. The summed E-state index contributed by atoms with van der Waals surface area (Å²) in [6.07, 6.45) is 2.50. The van der Waals surface area contributed by atoms with E-state index in [0.717, 1.165) is 0 Å². The lowest BCUT2D eigenvalue weighted by Crippen LogP contribution is -2.42. The number of ether oxygens (including phenoxy) is 2. The normalized spacial score (nSPS) is 14.8. The fourth-order valence-corrected chi connectivity index (χ4v) is 3.27. The van der Waals surface area contributed by atoms with E-state index in [1.807, 2.05) is 0 Å². The molecule has 1 aliphatic rings. The first-order chi connectivity index (χ1) is 13.5. The number of phenolic OH excluding ortho intramolecular Hbond substituents is 1. The number of likely N-dealkylation sites (tertiary alicyclic amines) is 1. The van der Waals surface area contributed by atoms with Gasteiger partial charge in [-0.15, -0.1) is 0 Å². The molecule has 2 heterocycles. The first-order valence-corrected chi connectivity index (χ1v) is 9.27. The molecule has 1 N–H and O–H groups in total. The smallest absolute Gasteiger partial charge is 0.310 e. The highest BCUT2D eigenvalue weighted by molar-refractivity contribution is 5.87. The van der Waals surface area contributed by atoms with Crippen molar-refractivity contribution in [1.29, 1.82) is 0 Å². The highest BCUT2D eigenvalue weighted by Gasteiger charge is 2.28. The summed E-state index contributed by atoms with van der Waals surface area (Å²) in [5, 5.41) is 10.2. The minimum atomic E-state index is -0.537. The molecule has 1 saturated heterocycles. The highest BCUT2D eigenvalue weighted by atomic mass is 16.5. The van der Waals surface area contributed by atoms with Gasteiger partial charge in [0.25, 0.3) is 5.91 Å². The molecule has 150 valence electrons. The third-order valence-electron chi connectivity index (χ3n) is 4.80. The standard InChI is InChI=1S/C20H23NO7/c1-2-26-20(25)13-5-7-21(8-6-13)18(23)12-28-19(24)9-14-11-27-17-10-15(22)3-4-16(14)17/h3-4,10-11,13,22H,2,5-9,12H2,1H3. The van der Waals surface area contributed by atoms with E-state index in [1.54, 1.807) is 17.9 Å². The van der Waals surface area contributed by atoms with Gasteiger partial charge in [0.2, 0.25) is 0 Å². The summed E-state index contributed by atoms with van der Waals surface area (Å²) in [5.41, 5.74) is 1.10. The molecule has 1 aliphatic heterocycles. The van der Waals surface area contributed by atoms with Gasteiger partial charge in [-0.05, 0) is 31.9 Å². The van der Waals surface area contributed by atoms with E-state index in [0.29, 0.717) is 49.1 Å². The van der Waals surface area contributed by atoms with Crippen LogP contribution in [0.25, 0.3) is 11.0 Å². The predicted molar refractivity (Wildman–Crippen MR) is 98.5 cm³/mol. The molecule has 0 atom stereocenters. The predicted octanol–water partition coefficient (Wildman–Crippen LogP) is 2.03. The molecule has 0 saturated carbocycles. The average molecular weight is 389 g/mol. The van der Waals surface area contributed by atoms with Crippen LogP contribution in [-0.4, -0.2) is 54.2 Å². The zero-order valence-electron chi connectivity index (χ0n) is 15.7. The Labute approximate surface area is 162 Å². The number of amides is 1. The summed E-state index contributed by atoms with van der Waals surface area (Å²) in [7, 11) is 0. The van der Waals surface area contributed by atoms with Crippen molar-refractivity contribution in [2.45, 2.75) is 26.2 Å². The zero-order chi connectivity index (χ0) is 20.1. The number of nitrogens with zero attached hydrogens (tertiary/aromatic N) is 1. The number of rotatable bonds is 6. The molecule has 2 aromatic rings. The second-order valence-corrected chi connectivity index (χ2v) is 6.69. The molecule has 1 fully saturated rings. The van der Waals surface area contributed by atoms with Crippen LogP contribution in [0.3, 0.4) is 0 Å². The van der Waals surface area contributed by atoms with Crippen LogP contribution in [0.5, 0.6) is 5.75 Å². The van der Waals surface area contributed by atoms with E-state index in [2.05, 4.69) is 0 Å². The summed E-state index contributed by atoms with van der Waals surface area (Å²) in [5.74, 6) is -1.14. The van der Waals surface area contributed by atoms with Gasteiger partial charge < -0.3 is 23.9 Å². The number of hydrogen-bond donors (Lipinski definition) is 1. The van der Waals surface area contributed by atoms with Crippen LogP contribution in [0.1, 0.15) is 25.3 Å². The Bertz CT molecular complexity index is 865. The van der Waals surface area contributed by atoms with Crippen molar-refractivity contribution >= 4 is 28.8 Å². The number of fused-ring (bicyclic) bond motifs is 1. The van der Waals surface area contributed by atoms with E-state index in [9.17, 15) is 19.5 Å².